The normalized spacial score (nSPS) is 11.0. The van der Waals surface area contributed by atoms with Gasteiger partial charge < -0.3 is 4.74 Å². The van der Waals surface area contributed by atoms with E-state index in [1.165, 1.54) is 31.2 Å². The number of halogens is 1. The second-order valence-electron chi connectivity index (χ2n) is 8.49. The Kier molecular flexibility index (Phi) is 7.57. The van der Waals surface area contributed by atoms with E-state index in [0.29, 0.717) is 17.6 Å². The zero-order valence-corrected chi connectivity index (χ0v) is 19.3. The maximum atomic E-state index is 15.4. The van der Waals surface area contributed by atoms with Crippen LogP contribution in [0.3, 0.4) is 0 Å². The van der Waals surface area contributed by atoms with E-state index in [-0.39, 0.29) is 5.82 Å². The minimum atomic E-state index is -0.151. The van der Waals surface area contributed by atoms with Crippen molar-refractivity contribution in [1.82, 2.24) is 0 Å². The fourth-order valence-electron chi connectivity index (χ4n) is 4.22. The smallest absolute Gasteiger partial charge is 0.138 e. The molecule has 0 saturated carbocycles. The number of rotatable bonds is 10. The van der Waals surface area contributed by atoms with E-state index in [1.54, 1.807) is 6.08 Å². The minimum Gasteiger partial charge on any atom is -0.490 e. The van der Waals surface area contributed by atoms with Crippen molar-refractivity contribution in [3.63, 3.8) is 0 Å². The molecule has 4 aromatic carbocycles. The molecule has 0 bridgehead atoms. The average Bonchev–Trinajstić information content (AvgIpc) is 2.86. The third kappa shape index (κ3) is 5.51. The summed E-state index contributed by atoms with van der Waals surface area (Å²) in [4.78, 5) is 0. The van der Waals surface area contributed by atoms with Gasteiger partial charge in [-0.1, -0.05) is 106 Å². The lowest BCUT2D eigenvalue weighted by Crippen LogP contribution is -1.92. The van der Waals surface area contributed by atoms with Crippen molar-refractivity contribution in [2.24, 2.45) is 0 Å². The molecule has 0 radical (unpaired) electrons. The van der Waals surface area contributed by atoms with E-state index in [1.807, 2.05) is 66.7 Å². The van der Waals surface area contributed by atoms with Crippen LogP contribution in [0.5, 0.6) is 5.75 Å². The second-order valence-corrected chi connectivity index (χ2v) is 8.49. The Morgan fingerprint density at radius 3 is 2.18 bits per heavy atom. The van der Waals surface area contributed by atoms with Gasteiger partial charge in [-0.3, -0.25) is 0 Å². The van der Waals surface area contributed by atoms with Gasteiger partial charge in [0.2, 0.25) is 0 Å². The molecule has 0 spiro atoms. The van der Waals surface area contributed by atoms with E-state index >= 15 is 4.39 Å². The van der Waals surface area contributed by atoms with E-state index in [0.717, 1.165) is 34.2 Å². The molecule has 0 fully saturated rings. The van der Waals surface area contributed by atoms with E-state index < -0.39 is 0 Å². The monoisotopic (exact) mass is 438 g/mol. The van der Waals surface area contributed by atoms with Crippen molar-refractivity contribution >= 4 is 10.8 Å². The number of hydrogen-bond donors (Lipinski definition) is 0. The van der Waals surface area contributed by atoms with Crippen molar-refractivity contribution in [1.29, 1.82) is 0 Å². The molecule has 4 aromatic rings. The molecule has 4 rings (SSSR count). The summed E-state index contributed by atoms with van der Waals surface area (Å²) < 4.78 is 20.9. The molecule has 0 aliphatic heterocycles. The second kappa shape index (κ2) is 11.0. The number of aryl methyl sites for hydroxylation is 1. The predicted molar refractivity (Wildman–Crippen MR) is 138 cm³/mol. The van der Waals surface area contributed by atoms with Gasteiger partial charge in [0, 0.05) is 10.9 Å². The number of unbranched alkanes of at least 4 members (excludes halogenated alkanes) is 3. The maximum absolute atomic E-state index is 15.4. The summed E-state index contributed by atoms with van der Waals surface area (Å²) in [6.45, 7) is 6.38. The molecule has 0 amide bonds. The summed E-state index contributed by atoms with van der Waals surface area (Å²) in [5, 5.41) is 1.66. The quantitative estimate of drug-likeness (QED) is 0.177. The van der Waals surface area contributed by atoms with Gasteiger partial charge in [0.15, 0.2) is 0 Å². The standard InChI is InChI=1S/C31H31FO/c1-3-5-6-7-8-23-9-19-30-27(22-23)16-20-29(31(30)32)26-12-10-24(11-13-26)25-14-17-28(18-15-25)33-21-4-2/h4,9-20,22H,2-3,5-8,21H2,1H3. The molecule has 168 valence electrons. The van der Waals surface area contributed by atoms with Gasteiger partial charge in [-0.25, -0.2) is 4.39 Å². The third-order valence-electron chi connectivity index (χ3n) is 6.09. The Hall–Kier alpha value is -3.39. The van der Waals surface area contributed by atoms with Crippen LogP contribution in [0.25, 0.3) is 33.0 Å². The fourth-order valence-corrected chi connectivity index (χ4v) is 4.22. The highest BCUT2D eigenvalue weighted by molar-refractivity contribution is 5.89. The van der Waals surface area contributed by atoms with Crippen LogP contribution in [0.1, 0.15) is 38.2 Å². The number of benzene rings is 4. The summed E-state index contributed by atoms with van der Waals surface area (Å²) in [6.07, 6.45) is 7.75. The van der Waals surface area contributed by atoms with Crippen LogP contribution in [0.2, 0.25) is 0 Å². The van der Waals surface area contributed by atoms with Gasteiger partial charge in [0.25, 0.3) is 0 Å². The highest BCUT2D eigenvalue weighted by atomic mass is 19.1. The largest absolute Gasteiger partial charge is 0.490 e. The number of hydrogen-bond acceptors (Lipinski definition) is 1. The zero-order valence-electron chi connectivity index (χ0n) is 19.3. The first kappa shape index (κ1) is 22.8. The van der Waals surface area contributed by atoms with Gasteiger partial charge >= 0.3 is 0 Å². The van der Waals surface area contributed by atoms with Crippen LogP contribution in [-0.2, 0) is 6.42 Å². The Bertz CT molecular complexity index is 1210. The molecule has 0 N–H and O–H groups in total. The summed E-state index contributed by atoms with van der Waals surface area (Å²) in [5.74, 6) is 0.666. The van der Waals surface area contributed by atoms with E-state index in [9.17, 15) is 0 Å². The Labute approximate surface area is 196 Å². The minimum absolute atomic E-state index is 0.151. The predicted octanol–water partition coefficient (Wildman–Crippen LogP) is 9.00. The van der Waals surface area contributed by atoms with Crippen LogP contribution >= 0.6 is 0 Å². The number of fused-ring (bicyclic) bond motifs is 1. The highest BCUT2D eigenvalue weighted by Crippen LogP contribution is 2.32. The van der Waals surface area contributed by atoms with Crippen molar-refractivity contribution in [3.8, 4) is 28.0 Å². The lowest BCUT2D eigenvalue weighted by Gasteiger charge is -2.10. The first-order valence-electron chi connectivity index (χ1n) is 11.9. The first-order chi connectivity index (χ1) is 16.2. The molecule has 0 atom stereocenters. The molecular formula is C31H31FO. The fraction of sp³-hybridized carbons (Fsp3) is 0.226. The lowest BCUT2D eigenvalue weighted by molar-refractivity contribution is 0.363. The molecule has 0 aromatic heterocycles. The zero-order chi connectivity index (χ0) is 23.0. The van der Waals surface area contributed by atoms with Crippen LogP contribution in [0.4, 0.5) is 4.39 Å². The SMILES string of the molecule is C=CCOc1ccc(-c2ccc(-c3ccc4cc(CCCCCC)ccc4c3F)cc2)cc1. The van der Waals surface area contributed by atoms with Crippen molar-refractivity contribution in [3.05, 3.63) is 103 Å². The lowest BCUT2D eigenvalue weighted by atomic mass is 9.96. The van der Waals surface area contributed by atoms with Crippen LogP contribution in [0, 0.1) is 5.82 Å². The van der Waals surface area contributed by atoms with Crippen LogP contribution in [-0.4, -0.2) is 6.61 Å². The highest BCUT2D eigenvalue weighted by Gasteiger charge is 2.10. The topological polar surface area (TPSA) is 9.23 Å². The molecule has 1 nitrogen and oxygen atoms in total. The van der Waals surface area contributed by atoms with Gasteiger partial charge in [0.1, 0.15) is 18.2 Å². The molecule has 0 saturated heterocycles. The molecular weight excluding hydrogens is 407 g/mol. The Morgan fingerprint density at radius 1 is 0.788 bits per heavy atom. The maximum Gasteiger partial charge on any atom is 0.138 e. The van der Waals surface area contributed by atoms with Crippen LogP contribution < -0.4 is 4.74 Å². The van der Waals surface area contributed by atoms with Crippen LogP contribution in [0.15, 0.2) is 91.5 Å². The number of ether oxygens (including phenoxy) is 1. The summed E-state index contributed by atoms with van der Waals surface area (Å²) in [6, 6.07) is 26.1. The molecule has 2 heteroatoms. The molecule has 0 aliphatic carbocycles. The first-order valence-corrected chi connectivity index (χ1v) is 11.9. The molecule has 0 heterocycles. The van der Waals surface area contributed by atoms with Crippen molar-refractivity contribution in [2.45, 2.75) is 39.0 Å². The Balaban J connectivity index is 1.52. The van der Waals surface area contributed by atoms with Crippen molar-refractivity contribution in [2.75, 3.05) is 6.61 Å². The molecule has 0 unspecified atom stereocenters. The average molecular weight is 439 g/mol. The summed E-state index contributed by atoms with van der Waals surface area (Å²) in [7, 11) is 0. The molecule has 33 heavy (non-hydrogen) atoms. The van der Waals surface area contributed by atoms with E-state index in [2.05, 4.69) is 25.6 Å². The summed E-state index contributed by atoms with van der Waals surface area (Å²) in [5.41, 5.74) is 4.99. The van der Waals surface area contributed by atoms with Gasteiger partial charge in [0.05, 0.1) is 0 Å². The van der Waals surface area contributed by atoms with Gasteiger partial charge in [-0.05, 0) is 52.6 Å². The van der Waals surface area contributed by atoms with Crippen molar-refractivity contribution < 1.29 is 9.13 Å². The molecule has 0 aliphatic rings. The van der Waals surface area contributed by atoms with Gasteiger partial charge in [-0.15, -0.1) is 0 Å². The van der Waals surface area contributed by atoms with E-state index in [4.69, 9.17) is 4.74 Å². The summed E-state index contributed by atoms with van der Waals surface area (Å²) >= 11 is 0. The third-order valence-corrected chi connectivity index (χ3v) is 6.09. The van der Waals surface area contributed by atoms with Gasteiger partial charge in [-0.2, -0.15) is 0 Å². The Morgan fingerprint density at radius 2 is 1.48 bits per heavy atom.